The first-order valence-electron chi connectivity index (χ1n) is 29.3. The van der Waals surface area contributed by atoms with E-state index in [4.69, 9.17) is 13.3 Å². The highest BCUT2D eigenvalue weighted by molar-refractivity contribution is 8.13. The minimum Gasteiger partial charge on any atom is -0.373 e. The van der Waals surface area contributed by atoms with E-state index in [1.165, 1.54) is 250 Å². The zero-order valence-corrected chi connectivity index (χ0v) is 46.3. The maximum atomic E-state index is 13.0. The maximum absolute atomic E-state index is 13.0. The van der Waals surface area contributed by atoms with Gasteiger partial charge in [-0.05, 0) is 39.2 Å². The zero-order valence-electron chi connectivity index (χ0n) is 44.5. The Morgan fingerprint density at radius 1 is 0.406 bits per heavy atom. The summed E-state index contributed by atoms with van der Waals surface area (Å²) in [6.45, 7) is 11.3. The van der Waals surface area contributed by atoms with Gasteiger partial charge in [0.2, 0.25) is 0 Å². The third-order valence-corrected chi connectivity index (χ3v) is 17.5. The van der Waals surface area contributed by atoms with Crippen molar-refractivity contribution in [3.63, 3.8) is 0 Å². The minimum absolute atomic E-state index is 0.314. The molecule has 384 valence electrons. The fourth-order valence-electron chi connectivity index (χ4n) is 9.05. The number of unbranched alkanes of at least 4 members (excludes halogenated alkanes) is 38. The van der Waals surface area contributed by atoms with Crippen molar-refractivity contribution in [2.75, 3.05) is 32.6 Å². The van der Waals surface area contributed by atoms with Gasteiger partial charge in [0, 0.05) is 37.5 Å². The summed E-state index contributed by atoms with van der Waals surface area (Å²) in [5.41, 5.74) is 0. The fraction of sp³-hybridized carbons (Fsp3) is 0.982. The van der Waals surface area contributed by atoms with Crippen LogP contribution in [0.2, 0.25) is 6.04 Å². The van der Waals surface area contributed by atoms with Crippen molar-refractivity contribution in [2.24, 2.45) is 0 Å². The summed E-state index contributed by atoms with van der Waals surface area (Å²) in [6, 6.07) is 1.13. The zero-order chi connectivity index (χ0) is 46.5. The smallest absolute Gasteiger partial charge is 0.373 e. The molecule has 0 radical (unpaired) electrons. The van der Waals surface area contributed by atoms with Crippen molar-refractivity contribution in [3.8, 4) is 0 Å². The largest absolute Gasteiger partial charge is 0.501 e. The van der Waals surface area contributed by atoms with Gasteiger partial charge in [-0.2, -0.15) is 0 Å². The summed E-state index contributed by atoms with van der Waals surface area (Å²) in [6.07, 6.45) is 58.8. The molecule has 1 unspecified atom stereocenters. The second kappa shape index (κ2) is 54.0. The monoisotopic (exact) mass is 940 g/mol. The van der Waals surface area contributed by atoms with Crippen LogP contribution in [0.1, 0.15) is 317 Å². The molecule has 0 aromatic carbocycles. The maximum Gasteiger partial charge on any atom is 0.501 e. The van der Waals surface area contributed by atoms with E-state index in [0.717, 1.165) is 57.1 Å². The Morgan fingerprint density at radius 3 is 1.06 bits per heavy atom. The van der Waals surface area contributed by atoms with Gasteiger partial charge in [0.1, 0.15) is 0 Å². The normalized spacial score (nSPS) is 12.5. The molecule has 0 aliphatic heterocycles. The van der Waals surface area contributed by atoms with Crippen molar-refractivity contribution in [1.82, 2.24) is 5.32 Å². The molecule has 0 bridgehead atoms. The van der Waals surface area contributed by atoms with Gasteiger partial charge in [-0.3, -0.25) is 4.79 Å². The Morgan fingerprint density at radius 2 is 0.719 bits per heavy atom. The Labute approximate surface area is 408 Å². The van der Waals surface area contributed by atoms with Gasteiger partial charge in [-0.25, -0.2) is 0 Å². The van der Waals surface area contributed by atoms with Crippen LogP contribution in [-0.2, 0) is 18.1 Å². The van der Waals surface area contributed by atoms with Gasteiger partial charge in [0.25, 0.3) is 0 Å². The molecule has 0 saturated heterocycles. The molecule has 0 rings (SSSR count). The van der Waals surface area contributed by atoms with Gasteiger partial charge in [0.05, 0.1) is 6.61 Å². The molecule has 1 atom stereocenters. The molecule has 0 aromatic rings. The van der Waals surface area contributed by atoms with Crippen molar-refractivity contribution >= 4 is 25.7 Å². The fourth-order valence-corrected chi connectivity index (χ4v) is 12.8. The molecule has 0 spiro atoms. The molecule has 0 aliphatic carbocycles. The highest BCUT2D eigenvalue weighted by Crippen LogP contribution is 2.25. The van der Waals surface area contributed by atoms with Gasteiger partial charge >= 0.3 is 8.80 Å². The molecule has 0 aromatic heterocycles. The predicted octanol–water partition coefficient (Wildman–Crippen LogP) is 19.5. The predicted molar refractivity (Wildman–Crippen MR) is 289 cm³/mol. The van der Waals surface area contributed by atoms with Gasteiger partial charge < -0.3 is 18.6 Å². The van der Waals surface area contributed by atoms with E-state index in [-0.39, 0.29) is 0 Å². The first-order valence-corrected chi connectivity index (χ1v) is 32.2. The van der Waals surface area contributed by atoms with Crippen LogP contribution in [0.25, 0.3) is 0 Å². The van der Waals surface area contributed by atoms with E-state index >= 15 is 0 Å². The second-order valence-electron chi connectivity index (χ2n) is 20.0. The van der Waals surface area contributed by atoms with Gasteiger partial charge in [-0.15, -0.1) is 0 Å². The summed E-state index contributed by atoms with van der Waals surface area (Å²) in [4.78, 5) is 13.0. The summed E-state index contributed by atoms with van der Waals surface area (Å²) in [7, 11) is -0.831. The molecule has 0 fully saturated rings. The van der Waals surface area contributed by atoms with E-state index in [2.05, 4.69) is 40.1 Å². The Bertz CT molecular complexity index is 874. The molecule has 7 heteroatoms. The number of hydrogen-bond acceptors (Lipinski definition) is 6. The number of carbonyl (C=O) groups is 1. The van der Waals surface area contributed by atoms with Crippen LogP contribution >= 0.6 is 11.8 Å². The SMILES string of the molecule is CCCCCCCCCCCCCCCC(=O)SCCC[Si](OCCCCCCCCCC)(OCCCCCCCCCC)OCC(CCCCCCCCCCCCCCC)NC. The second-order valence-corrected chi connectivity index (χ2v) is 23.9. The van der Waals surface area contributed by atoms with Crippen LogP contribution in [0.15, 0.2) is 0 Å². The lowest BCUT2D eigenvalue weighted by Crippen LogP contribution is -2.49. The molecule has 5 nitrogen and oxygen atoms in total. The molecule has 64 heavy (non-hydrogen) atoms. The van der Waals surface area contributed by atoms with E-state index in [0.29, 0.717) is 24.2 Å². The quantitative estimate of drug-likeness (QED) is 0.0484. The number of thioether (sulfide) groups is 1. The van der Waals surface area contributed by atoms with E-state index < -0.39 is 8.80 Å². The van der Waals surface area contributed by atoms with Gasteiger partial charge in [-0.1, -0.05) is 290 Å². The molecule has 0 saturated carbocycles. The summed E-state index contributed by atoms with van der Waals surface area (Å²) in [5.74, 6) is 0.839. The highest BCUT2D eigenvalue weighted by Gasteiger charge is 2.41. The first kappa shape index (κ1) is 64.1. The lowest BCUT2D eigenvalue weighted by molar-refractivity contribution is -0.111. The van der Waals surface area contributed by atoms with E-state index in [1.54, 1.807) is 11.8 Å². The summed E-state index contributed by atoms with van der Waals surface area (Å²) in [5, 5.41) is 3.96. The summed E-state index contributed by atoms with van der Waals surface area (Å²) < 4.78 is 20.8. The number of carbonyl (C=O) groups excluding carboxylic acids is 1. The molecular formula is C57H117NO4SSi. The van der Waals surface area contributed by atoms with Crippen LogP contribution in [-0.4, -0.2) is 52.6 Å². The van der Waals surface area contributed by atoms with Crippen LogP contribution in [0.5, 0.6) is 0 Å². The number of likely N-dealkylation sites (N-methyl/N-ethyl adjacent to an activating group) is 1. The van der Waals surface area contributed by atoms with Crippen molar-refractivity contribution in [3.05, 3.63) is 0 Å². The standard InChI is InChI=1S/C57H117NO4SSi/c1-6-10-14-18-22-26-28-30-32-34-36-40-44-49-56(58-5)55-62-64(60-51-46-42-38-24-20-16-12-8-3,61-52-47-43-39-25-21-17-13-9-4)54-48-53-63-57(59)50-45-41-37-35-33-31-29-27-23-19-15-11-7-2/h56,58H,6-55H2,1-5H3. The van der Waals surface area contributed by atoms with Gasteiger partial charge in [0.15, 0.2) is 5.12 Å². The Kier molecular flexibility index (Phi) is 54.1. The lowest BCUT2D eigenvalue weighted by Gasteiger charge is -2.32. The highest BCUT2D eigenvalue weighted by atomic mass is 32.2. The molecule has 0 heterocycles. The van der Waals surface area contributed by atoms with Crippen LogP contribution in [0.3, 0.4) is 0 Å². The third kappa shape index (κ3) is 47.2. The number of nitrogens with one attached hydrogen (secondary N) is 1. The molecule has 1 N–H and O–H groups in total. The van der Waals surface area contributed by atoms with Crippen LogP contribution in [0.4, 0.5) is 0 Å². The van der Waals surface area contributed by atoms with Crippen molar-refractivity contribution in [2.45, 2.75) is 329 Å². The van der Waals surface area contributed by atoms with E-state index in [1.807, 2.05) is 0 Å². The molecule has 0 amide bonds. The van der Waals surface area contributed by atoms with Crippen LogP contribution < -0.4 is 5.32 Å². The average molecular weight is 941 g/mol. The molecular weight excluding hydrogens is 823 g/mol. The minimum atomic E-state index is -2.93. The average Bonchev–Trinajstić information content (AvgIpc) is 3.30. The van der Waals surface area contributed by atoms with Crippen molar-refractivity contribution < 1.29 is 18.1 Å². The first-order chi connectivity index (χ1) is 31.6. The topological polar surface area (TPSA) is 56.8 Å². The van der Waals surface area contributed by atoms with E-state index in [9.17, 15) is 4.79 Å². The number of hydrogen-bond donors (Lipinski definition) is 1. The number of rotatable bonds is 56. The Hall–Kier alpha value is 0.0769. The third-order valence-electron chi connectivity index (χ3n) is 13.6. The lowest BCUT2D eigenvalue weighted by atomic mass is 10.0. The summed E-state index contributed by atoms with van der Waals surface area (Å²) >= 11 is 1.55. The van der Waals surface area contributed by atoms with Crippen LogP contribution in [0, 0.1) is 0 Å². The molecule has 0 aliphatic rings. The Balaban J connectivity index is 5.06. The van der Waals surface area contributed by atoms with Crippen molar-refractivity contribution in [1.29, 1.82) is 0 Å².